The Labute approximate surface area is 138 Å². The van der Waals surface area contributed by atoms with E-state index in [2.05, 4.69) is 9.69 Å². The van der Waals surface area contributed by atoms with E-state index in [1.54, 1.807) is 12.1 Å². The zero-order valence-electron chi connectivity index (χ0n) is 8.70. The van der Waals surface area contributed by atoms with Gasteiger partial charge in [-0.25, -0.2) is 20.2 Å². The van der Waals surface area contributed by atoms with Crippen LogP contribution in [0, 0.1) is 42.9 Å². The third-order valence-corrected chi connectivity index (χ3v) is 3.79. The van der Waals surface area contributed by atoms with Gasteiger partial charge in [-0.15, -0.1) is 0 Å². The summed E-state index contributed by atoms with van der Waals surface area (Å²) in [6.07, 6.45) is 0. The third kappa shape index (κ3) is 3.67. The lowest BCUT2D eigenvalue weighted by Gasteiger charge is -1.98. The van der Waals surface area contributed by atoms with Crippen molar-refractivity contribution >= 4 is 56.6 Å². The maximum atomic E-state index is 8.85. The molecule has 6 heteroatoms. The Morgan fingerprint density at radius 3 is 1.47 bits per heavy atom. The first-order valence-electron chi connectivity index (χ1n) is 4.37. The Kier molecular flexibility index (Phi) is 7.08. The van der Waals surface area contributed by atoms with E-state index in [4.69, 9.17) is 23.7 Å². The van der Waals surface area contributed by atoms with Gasteiger partial charge in [0, 0.05) is 17.6 Å². The van der Waals surface area contributed by atoms with E-state index in [0.29, 0.717) is 17.6 Å². The van der Waals surface area contributed by atoms with Crippen molar-refractivity contribution in [1.82, 2.24) is 0 Å². The Morgan fingerprint density at radius 1 is 0.947 bits per heavy atom. The van der Waals surface area contributed by atoms with Crippen LogP contribution < -0.4 is 10.4 Å². The van der Waals surface area contributed by atoms with E-state index in [-0.39, 0.29) is 18.8 Å². The summed E-state index contributed by atoms with van der Waals surface area (Å²) in [5.74, 6) is 0. The Balaban J connectivity index is 0.00000324. The zero-order chi connectivity index (χ0) is 13.7. The molecule has 0 fully saturated rings. The molecule has 0 aromatic heterocycles. The second-order valence-corrected chi connectivity index (χ2v) is 5.28. The van der Waals surface area contributed by atoms with E-state index in [9.17, 15) is 0 Å². The number of hydrogen-bond acceptors (Lipinski definition) is 2. The van der Waals surface area contributed by atoms with Gasteiger partial charge in [0.1, 0.15) is 0 Å². The van der Waals surface area contributed by atoms with Gasteiger partial charge in [0.15, 0.2) is 0 Å². The minimum absolute atomic E-state index is 0. The van der Waals surface area contributed by atoms with Crippen molar-refractivity contribution in [1.29, 1.82) is 10.5 Å². The molecular weight excluding hydrogens is 466 g/mol. The summed E-state index contributed by atoms with van der Waals surface area (Å²) in [5, 5.41) is 18.8. The summed E-state index contributed by atoms with van der Waals surface area (Å²) in [7, 11) is 0. The lowest BCUT2D eigenvalue weighted by molar-refractivity contribution is 1.42. The maximum absolute atomic E-state index is 8.85. The normalized spacial score (nSPS) is 11.7. The fourth-order valence-corrected chi connectivity index (χ4v) is 2.65. The SMILES string of the molecule is C.[C-]#[N+]/C(C#N)=c1/cc(I)/c(=C(\C#N)[N+]#[C-])cc1I. The highest BCUT2D eigenvalue weighted by Crippen LogP contribution is 2.05. The van der Waals surface area contributed by atoms with Gasteiger partial charge in [0.25, 0.3) is 11.4 Å². The van der Waals surface area contributed by atoms with Gasteiger partial charge in [-0.3, -0.25) is 0 Å². The van der Waals surface area contributed by atoms with Crippen molar-refractivity contribution in [2.24, 2.45) is 0 Å². The second kappa shape index (κ2) is 7.74. The highest BCUT2D eigenvalue weighted by atomic mass is 127. The van der Waals surface area contributed by atoms with Gasteiger partial charge in [-0.1, -0.05) is 19.6 Å². The minimum Gasteiger partial charge on any atom is -0.226 e. The number of benzene rings is 1. The van der Waals surface area contributed by atoms with Crippen molar-refractivity contribution in [3.8, 4) is 12.1 Å². The van der Waals surface area contributed by atoms with Crippen molar-refractivity contribution in [3.63, 3.8) is 0 Å². The Morgan fingerprint density at radius 2 is 1.26 bits per heavy atom. The van der Waals surface area contributed by atoms with Gasteiger partial charge in [0.2, 0.25) is 0 Å². The molecule has 0 saturated heterocycles. The van der Waals surface area contributed by atoms with Gasteiger partial charge >= 0.3 is 0 Å². The average Bonchev–Trinajstić information content (AvgIpc) is 2.37. The number of hydrogen-bond donors (Lipinski definition) is 0. The van der Waals surface area contributed by atoms with Crippen LogP contribution in [0.2, 0.25) is 0 Å². The molecule has 19 heavy (non-hydrogen) atoms. The first-order chi connectivity index (χ1) is 8.58. The molecule has 1 rings (SSSR count). The van der Waals surface area contributed by atoms with Crippen LogP contribution in [0.3, 0.4) is 0 Å². The van der Waals surface area contributed by atoms with Crippen LogP contribution in [0.15, 0.2) is 12.1 Å². The standard InChI is InChI=1S/C12H2I2N4.CH4/c1-17-11(5-15)7-3-10(14)8(4-9(7)13)12(6-16)18-2;/h3-4H;1H4/b11-7-,12-8+;. The summed E-state index contributed by atoms with van der Waals surface area (Å²) in [6.45, 7) is 13.9. The monoisotopic (exact) mass is 472 g/mol. The number of nitrogens with zero attached hydrogens (tertiary/aromatic N) is 4. The molecule has 0 unspecified atom stereocenters. The number of nitriles is 2. The lowest BCUT2D eigenvalue weighted by Crippen LogP contribution is -2.19. The molecule has 0 atom stereocenters. The molecule has 1 aromatic carbocycles. The first-order valence-corrected chi connectivity index (χ1v) is 6.53. The van der Waals surface area contributed by atoms with E-state index in [1.807, 2.05) is 57.3 Å². The largest absolute Gasteiger partial charge is 0.270 e. The molecule has 0 heterocycles. The fraction of sp³-hybridized carbons (Fsp3) is 0.0769. The van der Waals surface area contributed by atoms with Crippen LogP contribution in [0.5, 0.6) is 0 Å². The van der Waals surface area contributed by atoms with Gasteiger partial charge in [-0.2, -0.15) is 0 Å². The van der Waals surface area contributed by atoms with Crippen LogP contribution in [0.1, 0.15) is 7.43 Å². The van der Waals surface area contributed by atoms with Crippen molar-refractivity contribution in [2.45, 2.75) is 7.43 Å². The molecule has 0 N–H and O–H groups in total. The van der Waals surface area contributed by atoms with Gasteiger partial charge in [-0.05, 0) is 45.2 Å². The van der Waals surface area contributed by atoms with Crippen molar-refractivity contribution in [2.75, 3.05) is 0 Å². The molecular formula is C13H6I2N4. The molecule has 0 saturated carbocycles. The van der Waals surface area contributed by atoms with E-state index in [1.165, 1.54) is 0 Å². The predicted molar refractivity (Wildman–Crippen MR) is 89.1 cm³/mol. The smallest absolute Gasteiger partial charge is 0.226 e. The molecule has 4 nitrogen and oxygen atoms in total. The summed E-state index contributed by atoms with van der Waals surface area (Å²) >= 11 is 3.97. The molecule has 1 aromatic rings. The molecule has 92 valence electrons. The van der Waals surface area contributed by atoms with Crippen LogP contribution in [-0.4, -0.2) is 0 Å². The summed E-state index contributed by atoms with van der Waals surface area (Å²) in [4.78, 5) is 6.32. The van der Waals surface area contributed by atoms with E-state index in [0.717, 1.165) is 0 Å². The lowest BCUT2D eigenvalue weighted by atomic mass is 10.2. The number of halogens is 2. The van der Waals surface area contributed by atoms with Crippen LogP contribution >= 0.6 is 45.2 Å². The summed E-state index contributed by atoms with van der Waals surface area (Å²) < 4.78 is 1.35. The summed E-state index contributed by atoms with van der Waals surface area (Å²) in [6, 6.07) is 6.97. The van der Waals surface area contributed by atoms with E-state index >= 15 is 0 Å². The molecule has 0 aliphatic heterocycles. The molecule has 0 aliphatic rings. The third-order valence-electron chi connectivity index (χ3n) is 2.00. The zero-order valence-corrected chi connectivity index (χ0v) is 13.0. The molecule has 0 spiro atoms. The predicted octanol–water partition coefficient (Wildman–Crippen LogP) is 2.63. The highest BCUT2D eigenvalue weighted by Gasteiger charge is 2.05. The van der Waals surface area contributed by atoms with Gasteiger partial charge in [0.05, 0.1) is 25.3 Å². The second-order valence-electron chi connectivity index (χ2n) is 2.96. The fourth-order valence-electron chi connectivity index (χ4n) is 1.20. The maximum Gasteiger partial charge on any atom is 0.270 e. The molecule has 0 aliphatic carbocycles. The van der Waals surface area contributed by atoms with Crippen LogP contribution in [-0.2, 0) is 0 Å². The average molecular weight is 472 g/mol. The van der Waals surface area contributed by atoms with Crippen LogP contribution in [0.25, 0.3) is 21.1 Å². The molecule has 0 amide bonds. The Hall–Kier alpha value is -1.62. The number of rotatable bonds is 0. The molecule has 0 bridgehead atoms. The minimum atomic E-state index is 0. The van der Waals surface area contributed by atoms with Crippen molar-refractivity contribution < 1.29 is 0 Å². The molecule has 0 radical (unpaired) electrons. The van der Waals surface area contributed by atoms with Crippen molar-refractivity contribution in [3.05, 3.63) is 52.5 Å². The highest BCUT2D eigenvalue weighted by molar-refractivity contribution is 14.1. The summed E-state index contributed by atoms with van der Waals surface area (Å²) in [5.41, 5.74) is 0.00960. The van der Waals surface area contributed by atoms with Crippen LogP contribution in [0.4, 0.5) is 0 Å². The van der Waals surface area contributed by atoms with E-state index < -0.39 is 0 Å². The van der Waals surface area contributed by atoms with Gasteiger partial charge < -0.3 is 0 Å². The topological polar surface area (TPSA) is 56.3 Å². The Bertz CT molecular complexity index is 694. The first kappa shape index (κ1) is 17.4. The quantitative estimate of drug-likeness (QED) is 0.431.